The Morgan fingerprint density at radius 3 is 2.91 bits per heavy atom. The molecule has 0 unspecified atom stereocenters. The van der Waals surface area contributed by atoms with Gasteiger partial charge < -0.3 is 10.1 Å². The number of benzene rings is 1. The smallest absolute Gasteiger partial charge is 0.415 e. The Labute approximate surface area is 127 Å². The summed E-state index contributed by atoms with van der Waals surface area (Å²) in [5.41, 5.74) is 1.71. The topological polar surface area (TPSA) is 76.5 Å². The zero-order valence-electron chi connectivity index (χ0n) is 12.7. The van der Waals surface area contributed by atoms with Crippen LogP contribution in [0.25, 0.3) is 10.9 Å². The van der Waals surface area contributed by atoms with Gasteiger partial charge in [-0.3, -0.25) is 14.4 Å². The van der Waals surface area contributed by atoms with Crippen LogP contribution < -0.4 is 10.2 Å². The van der Waals surface area contributed by atoms with E-state index in [1.54, 1.807) is 6.20 Å². The van der Waals surface area contributed by atoms with Gasteiger partial charge in [0.25, 0.3) is 5.91 Å². The molecular formula is C15H18N4O3. The van der Waals surface area contributed by atoms with Crippen LogP contribution in [0.2, 0.25) is 0 Å². The molecule has 7 nitrogen and oxygen atoms in total. The van der Waals surface area contributed by atoms with Crippen LogP contribution in [-0.4, -0.2) is 41.5 Å². The standard InChI is InChI=1S/C15H18N4O3/c1-9(2)19-12-5-4-11(6-10(12)7-17-19)18-8-13(14(20)16-3)22-15(18)21/h4-7,9,13H,8H2,1-3H3,(H,16,20)/t13-/m1/s1. The maximum Gasteiger partial charge on any atom is 0.415 e. The fraction of sp³-hybridized carbons (Fsp3) is 0.400. The van der Waals surface area contributed by atoms with Crippen LogP contribution in [-0.2, 0) is 9.53 Å². The molecule has 2 aromatic rings. The van der Waals surface area contributed by atoms with E-state index in [2.05, 4.69) is 24.3 Å². The number of cyclic esters (lactones) is 1. The second kappa shape index (κ2) is 5.32. The maximum atomic E-state index is 12.0. The number of nitrogens with one attached hydrogen (secondary N) is 1. The van der Waals surface area contributed by atoms with Gasteiger partial charge in [0.1, 0.15) is 0 Å². The van der Waals surface area contributed by atoms with E-state index in [4.69, 9.17) is 4.74 Å². The Bertz CT molecular complexity index is 737. The number of nitrogens with zero attached hydrogens (tertiary/aromatic N) is 3. The van der Waals surface area contributed by atoms with Crippen LogP contribution in [0.5, 0.6) is 0 Å². The van der Waals surface area contributed by atoms with Gasteiger partial charge >= 0.3 is 6.09 Å². The van der Waals surface area contributed by atoms with E-state index in [0.29, 0.717) is 5.69 Å². The summed E-state index contributed by atoms with van der Waals surface area (Å²) in [4.78, 5) is 25.0. The quantitative estimate of drug-likeness (QED) is 0.936. The lowest BCUT2D eigenvalue weighted by atomic mass is 10.2. The first kappa shape index (κ1) is 14.4. The molecule has 116 valence electrons. The highest BCUT2D eigenvalue weighted by Gasteiger charge is 2.36. The van der Waals surface area contributed by atoms with Crippen LogP contribution >= 0.6 is 0 Å². The Morgan fingerprint density at radius 2 is 2.23 bits per heavy atom. The number of likely N-dealkylation sites (N-methyl/N-ethyl adjacent to an activating group) is 1. The molecule has 0 aliphatic carbocycles. The predicted molar refractivity (Wildman–Crippen MR) is 81.8 cm³/mol. The summed E-state index contributed by atoms with van der Waals surface area (Å²) >= 11 is 0. The van der Waals surface area contributed by atoms with Crippen molar-refractivity contribution in [3.8, 4) is 0 Å². The number of fused-ring (bicyclic) bond motifs is 1. The summed E-state index contributed by atoms with van der Waals surface area (Å²) < 4.78 is 7.02. The summed E-state index contributed by atoms with van der Waals surface area (Å²) in [5.74, 6) is -0.301. The van der Waals surface area contributed by atoms with Crippen molar-refractivity contribution in [2.24, 2.45) is 0 Å². The number of ether oxygens (including phenoxy) is 1. The second-order valence-electron chi connectivity index (χ2n) is 5.52. The first-order valence-electron chi connectivity index (χ1n) is 7.18. The predicted octanol–water partition coefficient (Wildman–Crippen LogP) is 1.69. The molecule has 3 rings (SSSR count). The van der Waals surface area contributed by atoms with Crippen LogP contribution in [0.4, 0.5) is 10.5 Å². The number of hydrogen-bond acceptors (Lipinski definition) is 4. The van der Waals surface area contributed by atoms with Gasteiger partial charge in [-0.15, -0.1) is 0 Å². The largest absolute Gasteiger partial charge is 0.434 e. The SMILES string of the molecule is CNC(=O)[C@H]1CN(c2ccc3c(cnn3C(C)C)c2)C(=O)O1. The molecule has 0 spiro atoms. The Kier molecular flexibility index (Phi) is 3.48. The number of amides is 2. The zero-order valence-corrected chi connectivity index (χ0v) is 12.7. The fourth-order valence-corrected chi connectivity index (χ4v) is 2.59. The molecule has 1 aliphatic heterocycles. The molecule has 7 heteroatoms. The minimum absolute atomic E-state index is 0.211. The van der Waals surface area contributed by atoms with E-state index in [-0.39, 0.29) is 18.5 Å². The van der Waals surface area contributed by atoms with Crippen molar-refractivity contribution in [2.45, 2.75) is 26.0 Å². The molecule has 1 atom stereocenters. The molecule has 2 heterocycles. The highest BCUT2D eigenvalue weighted by molar-refractivity contribution is 5.97. The van der Waals surface area contributed by atoms with Crippen LogP contribution in [0.1, 0.15) is 19.9 Å². The van der Waals surface area contributed by atoms with Gasteiger partial charge in [0, 0.05) is 24.2 Å². The lowest BCUT2D eigenvalue weighted by molar-refractivity contribution is -0.127. The molecule has 1 N–H and O–H groups in total. The van der Waals surface area contributed by atoms with Crippen molar-refractivity contribution in [1.29, 1.82) is 0 Å². The number of anilines is 1. The molecule has 0 saturated carbocycles. The van der Waals surface area contributed by atoms with Crippen LogP contribution in [0, 0.1) is 0 Å². The normalized spacial score (nSPS) is 18.1. The third-order valence-electron chi connectivity index (χ3n) is 3.73. The third-order valence-corrected chi connectivity index (χ3v) is 3.73. The van der Waals surface area contributed by atoms with Crippen molar-refractivity contribution in [3.63, 3.8) is 0 Å². The van der Waals surface area contributed by atoms with Crippen molar-refractivity contribution >= 4 is 28.6 Å². The van der Waals surface area contributed by atoms with Crippen LogP contribution in [0.15, 0.2) is 24.4 Å². The summed E-state index contributed by atoms with van der Waals surface area (Å²) in [6, 6.07) is 5.92. The molecule has 1 saturated heterocycles. The zero-order chi connectivity index (χ0) is 15.9. The van der Waals surface area contributed by atoms with E-state index in [1.807, 2.05) is 22.9 Å². The molecule has 2 amide bonds. The number of carbonyl (C=O) groups is 2. The van der Waals surface area contributed by atoms with E-state index in [0.717, 1.165) is 10.9 Å². The Morgan fingerprint density at radius 1 is 1.45 bits per heavy atom. The summed E-state index contributed by atoms with van der Waals surface area (Å²) in [6.45, 7) is 4.33. The fourth-order valence-electron chi connectivity index (χ4n) is 2.59. The average molecular weight is 302 g/mol. The van der Waals surface area contributed by atoms with Gasteiger partial charge in [-0.05, 0) is 32.0 Å². The minimum atomic E-state index is -0.772. The van der Waals surface area contributed by atoms with E-state index < -0.39 is 12.2 Å². The number of aromatic nitrogens is 2. The van der Waals surface area contributed by atoms with Crippen molar-refractivity contribution in [2.75, 3.05) is 18.5 Å². The van der Waals surface area contributed by atoms with Gasteiger partial charge in [0.15, 0.2) is 6.10 Å². The molecule has 0 bridgehead atoms. The average Bonchev–Trinajstić information content (AvgIpc) is 3.09. The Hall–Kier alpha value is -2.57. The van der Waals surface area contributed by atoms with Crippen molar-refractivity contribution in [3.05, 3.63) is 24.4 Å². The van der Waals surface area contributed by atoms with Gasteiger partial charge in [0.05, 0.1) is 18.3 Å². The molecule has 1 fully saturated rings. The lowest BCUT2D eigenvalue weighted by Crippen LogP contribution is -2.35. The third kappa shape index (κ3) is 2.28. The van der Waals surface area contributed by atoms with Gasteiger partial charge in [-0.1, -0.05) is 0 Å². The number of hydrogen-bond donors (Lipinski definition) is 1. The minimum Gasteiger partial charge on any atom is -0.434 e. The lowest BCUT2D eigenvalue weighted by Gasteiger charge is -2.13. The van der Waals surface area contributed by atoms with Gasteiger partial charge in [-0.25, -0.2) is 4.79 Å². The Balaban J connectivity index is 1.91. The molecule has 1 aliphatic rings. The second-order valence-corrected chi connectivity index (χ2v) is 5.52. The number of carbonyl (C=O) groups excluding carboxylic acids is 2. The van der Waals surface area contributed by atoms with E-state index in [9.17, 15) is 9.59 Å². The molecule has 0 radical (unpaired) electrons. The highest BCUT2D eigenvalue weighted by atomic mass is 16.6. The van der Waals surface area contributed by atoms with Crippen molar-refractivity contribution in [1.82, 2.24) is 15.1 Å². The molecule has 22 heavy (non-hydrogen) atoms. The summed E-state index contributed by atoms with van der Waals surface area (Å²) in [5, 5.41) is 7.79. The van der Waals surface area contributed by atoms with E-state index >= 15 is 0 Å². The maximum absolute atomic E-state index is 12.0. The first-order valence-corrected chi connectivity index (χ1v) is 7.18. The summed E-state index contributed by atoms with van der Waals surface area (Å²) in [7, 11) is 1.52. The first-order chi connectivity index (χ1) is 10.5. The molecule has 1 aromatic carbocycles. The molecule has 1 aromatic heterocycles. The number of rotatable bonds is 3. The van der Waals surface area contributed by atoms with Gasteiger partial charge in [-0.2, -0.15) is 5.10 Å². The monoisotopic (exact) mass is 302 g/mol. The molecular weight excluding hydrogens is 284 g/mol. The van der Waals surface area contributed by atoms with Gasteiger partial charge in [0.2, 0.25) is 0 Å². The van der Waals surface area contributed by atoms with Crippen LogP contribution in [0.3, 0.4) is 0 Å². The summed E-state index contributed by atoms with van der Waals surface area (Å²) in [6.07, 6.45) is 0.493. The van der Waals surface area contributed by atoms with E-state index in [1.165, 1.54) is 11.9 Å². The highest BCUT2D eigenvalue weighted by Crippen LogP contribution is 2.27. The van der Waals surface area contributed by atoms with Crippen molar-refractivity contribution < 1.29 is 14.3 Å².